The van der Waals surface area contributed by atoms with Gasteiger partial charge in [0.25, 0.3) is 0 Å². The van der Waals surface area contributed by atoms with Gasteiger partial charge in [-0.3, -0.25) is 14.4 Å². The molecule has 7 heteroatoms. The van der Waals surface area contributed by atoms with E-state index < -0.39 is 7.92 Å². The van der Waals surface area contributed by atoms with Gasteiger partial charge in [-0.25, -0.2) is 15.0 Å². The van der Waals surface area contributed by atoms with Crippen LogP contribution in [0.3, 0.4) is 0 Å². The Kier molecular flexibility index (Phi) is 5.11. The van der Waals surface area contributed by atoms with E-state index in [1.165, 1.54) is 0 Å². The Bertz CT molecular complexity index is 824. The van der Waals surface area contributed by atoms with Crippen molar-refractivity contribution in [1.29, 1.82) is 0 Å². The van der Waals surface area contributed by atoms with Crippen molar-refractivity contribution in [2.75, 3.05) is 0 Å². The Hall–Kier alpha value is -3.11. The summed E-state index contributed by atoms with van der Waals surface area (Å²) in [5.74, 6) is 0. The van der Waals surface area contributed by atoms with Gasteiger partial charge < -0.3 is 0 Å². The predicted molar refractivity (Wildman–Crippen MR) is 94.7 cm³/mol. The number of aromatic nitrogens is 3. The number of carbonyl (C=O) groups excluding carboxylic acids is 3. The standard InChI is InChI=1S/C18H12N3O3P/c22-10-13-4-1-7-16(19-13)25(17-8-2-5-14(11-23)20-17)18-9-3-6-15(12-24)21-18/h1-12H. The highest BCUT2D eigenvalue weighted by atomic mass is 31.1. The second kappa shape index (κ2) is 7.64. The largest absolute Gasteiger partial charge is 0.296 e. The molecule has 0 aliphatic rings. The number of rotatable bonds is 6. The average Bonchev–Trinajstić information content (AvgIpc) is 2.68. The molecule has 0 unspecified atom stereocenters. The summed E-state index contributed by atoms with van der Waals surface area (Å²) in [6, 6.07) is 15.4. The first kappa shape index (κ1) is 16.7. The van der Waals surface area contributed by atoms with E-state index in [2.05, 4.69) is 15.0 Å². The molecular formula is C18H12N3O3P. The molecule has 6 nitrogen and oxygen atoms in total. The molecule has 0 saturated carbocycles. The quantitative estimate of drug-likeness (QED) is 0.488. The van der Waals surface area contributed by atoms with Crippen molar-refractivity contribution < 1.29 is 14.4 Å². The van der Waals surface area contributed by atoms with E-state index in [0.717, 1.165) is 0 Å². The summed E-state index contributed by atoms with van der Waals surface area (Å²) in [6.45, 7) is 0. The third-order valence-electron chi connectivity index (χ3n) is 3.32. The molecule has 0 spiro atoms. The van der Waals surface area contributed by atoms with E-state index in [1.54, 1.807) is 54.6 Å². The third-order valence-corrected chi connectivity index (χ3v) is 5.44. The van der Waals surface area contributed by atoms with Gasteiger partial charge in [-0.1, -0.05) is 18.2 Å². The molecule has 0 aromatic carbocycles. The first-order valence-electron chi connectivity index (χ1n) is 7.32. The molecule has 0 saturated heterocycles. The summed E-state index contributed by atoms with van der Waals surface area (Å²) in [5.41, 5.74) is 2.73. The van der Waals surface area contributed by atoms with Crippen molar-refractivity contribution in [2.24, 2.45) is 0 Å². The topological polar surface area (TPSA) is 89.9 Å². The van der Waals surface area contributed by atoms with Crippen LogP contribution in [-0.4, -0.2) is 33.8 Å². The molecule has 122 valence electrons. The highest BCUT2D eigenvalue weighted by Crippen LogP contribution is 2.30. The first-order chi connectivity index (χ1) is 12.2. The molecule has 0 amide bonds. The molecule has 25 heavy (non-hydrogen) atoms. The molecule has 3 aromatic heterocycles. The Morgan fingerprint density at radius 3 is 1.16 bits per heavy atom. The van der Waals surface area contributed by atoms with Gasteiger partial charge in [0.2, 0.25) is 0 Å². The fourth-order valence-corrected chi connectivity index (χ4v) is 4.30. The predicted octanol–water partition coefficient (Wildman–Crippen LogP) is 1.07. The van der Waals surface area contributed by atoms with Gasteiger partial charge in [0, 0.05) is 7.92 Å². The highest BCUT2D eigenvalue weighted by Gasteiger charge is 2.22. The van der Waals surface area contributed by atoms with Gasteiger partial charge in [-0.2, -0.15) is 0 Å². The van der Waals surface area contributed by atoms with E-state index in [4.69, 9.17) is 0 Å². The van der Waals surface area contributed by atoms with Gasteiger partial charge in [0.1, 0.15) is 17.1 Å². The van der Waals surface area contributed by atoms with Crippen LogP contribution in [0.2, 0.25) is 0 Å². The van der Waals surface area contributed by atoms with Gasteiger partial charge in [0.15, 0.2) is 18.9 Å². The molecule has 0 atom stereocenters. The summed E-state index contributed by atoms with van der Waals surface area (Å²) >= 11 is 0. The van der Waals surface area contributed by atoms with Crippen molar-refractivity contribution >= 4 is 43.1 Å². The van der Waals surface area contributed by atoms with E-state index in [1.807, 2.05) is 0 Å². The maximum absolute atomic E-state index is 11.1. The van der Waals surface area contributed by atoms with Crippen LogP contribution in [-0.2, 0) is 0 Å². The lowest BCUT2D eigenvalue weighted by atomic mass is 10.4. The zero-order chi connectivity index (χ0) is 17.6. The molecule has 3 aromatic rings. The highest BCUT2D eigenvalue weighted by molar-refractivity contribution is 7.79. The van der Waals surface area contributed by atoms with Gasteiger partial charge >= 0.3 is 0 Å². The second-order valence-corrected chi connectivity index (χ2v) is 7.00. The number of pyridine rings is 3. The lowest BCUT2D eigenvalue weighted by Gasteiger charge is -2.16. The maximum Gasteiger partial charge on any atom is 0.168 e. The maximum atomic E-state index is 11.1. The van der Waals surface area contributed by atoms with Gasteiger partial charge in [0.05, 0.1) is 16.3 Å². The van der Waals surface area contributed by atoms with E-state index >= 15 is 0 Å². The molecule has 0 aliphatic heterocycles. The number of hydrogen-bond acceptors (Lipinski definition) is 6. The monoisotopic (exact) mass is 349 g/mol. The van der Waals surface area contributed by atoms with Gasteiger partial charge in [-0.15, -0.1) is 0 Å². The summed E-state index contributed by atoms with van der Waals surface area (Å²) in [5, 5.41) is 0. The summed E-state index contributed by atoms with van der Waals surface area (Å²) in [4.78, 5) is 46.3. The van der Waals surface area contributed by atoms with Crippen LogP contribution >= 0.6 is 7.92 Å². The minimum absolute atomic E-state index is 0.295. The number of nitrogens with zero attached hydrogens (tertiary/aromatic N) is 3. The smallest absolute Gasteiger partial charge is 0.168 e. The van der Waals surface area contributed by atoms with Crippen LogP contribution in [0.1, 0.15) is 31.5 Å². The van der Waals surface area contributed by atoms with Crippen LogP contribution in [0.4, 0.5) is 0 Å². The minimum Gasteiger partial charge on any atom is -0.296 e. The fraction of sp³-hybridized carbons (Fsp3) is 0. The van der Waals surface area contributed by atoms with Crippen molar-refractivity contribution in [3.05, 3.63) is 71.7 Å². The average molecular weight is 349 g/mol. The Morgan fingerprint density at radius 1 is 0.560 bits per heavy atom. The molecule has 3 rings (SSSR count). The van der Waals surface area contributed by atoms with Crippen LogP contribution in [0.15, 0.2) is 54.6 Å². The van der Waals surface area contributed by atoms with Crippen LogP contribution < -0.4 is 16.3 Å². The van der Waals surface area contributed by atoms with E-state index in [9.17, 15) is 14.4 Å². The SMILES string of the molecule is O=Cc1cccc(P(c2cccc(C=O)n2)c2cccc(C=O)n2)n1. The third kappa shape index (κ3) is 3.70. The lowest BCUT2D eigenvalue weighted by molar-refractivity contribution is 0.111. The molecular weight excluding hydrogens is 337 g/mol. The first-order valence-corrected chi connectivity index (χ1v) is 8.66. The minimum atomic E-state index is -1.32. The molecule has 0 N–H and O–H groups in total. The van der Waals surface area contributed by atoms with Crippen molar-refractivity contribution in [1.82, 2.24) is 15.0 Å². The second-order valence-electron chi connectivity index (χ2n) is 4.95. The normalized spacial score (nSPS) is 10.4. The number of hydrogen-bond donors (Lipinski definition) is 0. The van der Waals surface area contributed by atoms with Crippen molar-refractivity contribution in [2.45, 2.75) is 0 Å². The zero-order valence-electron chi connectivity index (χ0n) is 12.9. The summed E-state index contributed by atoms with van der Waals surface area (Å²) < 4.78 is 0. The van der Waals surface area contributed by atoms with Crippen molar-refractivity contribution in [3.63, 3.8) is 0 Å². The Labute approximate surface area is 144 Å². The molecule has 0 bridgehead atoms. The number of aldehydes is 3. The zero-order valence-corrected chi connectivity index (χ0v) is 13.8. The molecule has 0 aliphatic carbocycles. The summed E-state index contributed by atoms with van der Waals surface area (Å²) in [7, 11) is -1.32. The van der Waals surface area contributed by atoms with E-state index in [0.29, 0.717) is 52.2 Å². The van der Waals surface area contributed by atoms with Crippen LogP contribution in [0.25, 0.3) is 0 Å². The lowest BCUT2D eigenvalue weighted by Crippen LogP contribution is -2.28. The Morgan fingerprint density at radius 2 is 0.880 bits per heavy atom. The fourth-order valence-electron chi connectivity index (χ4n) is 2.24. The molecule has 3 heterocycles. The number of carbonyl (C=O) groups is 3. The van der Waals surface area contributed by atoms with E-state index in [-0.39, 0.29) is 0 Å². The van der Waals surface area contributed by atoms with Gasteiger partial charge in [-0.05, 0) is 36.4 Å². The molecule has 0 radical (unpaired) electrons. The van der Waals surface area contributed by atoms with Crippen LogP contribution in [0.5, 0.6) is 0 Å². The van der Waals surface area contributed by atoms with Crippen LogP contribution in [0, 0.1) is 0 Å². The Balaban J connectivity index is 2.20. The molecule has 0 fully saturated rings. The summed E-state index contributed by atoms with van der Waals surface area (Å²) in [6.07, 6.45) is 2.00. The van der Waals surface area contributed by atoms with Crippen molar-refractivity contribution in [3.8, 4) is 0 Å².